The van der Waals surface area contributed by atoms with Gasteiger partial charge in [-0.1, -0.05) is 53.4 Å². The number of non-ortho nitro benzene ring substituents is 1. The molecule has 3 aromatic carbocycles. The van der Waals surface area contributed by atoms with E-state index in [2.05, 4.69) is 25.8 Å². The highest BCUT2D eigenvalue weighted by atomic mass is 32.2. The summed E-state index contributed by atoms with van der Waals surface area (Å²) in [4.78, 5) is 27.3. The lowest BCUT2D eigenvalue weighted by molar-refractivity contribution is -0.384. The van der Waals surface area contributed by atoms with Gasteiger partial charge in [0.2, 0.25) is 11.0 Å². The molecule has 0 atom stereocenters. The van der Waals surface area contributed by atoms with Crippen molar-refractivity contribution in [1.82, 2.24) is 15.2 Å². The fourth-order valence-corrected chi connectivity index (χ4v) is 5.51. The van der Waals surface area contributed by atoms with Crippen molar-refractivity contribution in [2.24, 2.45) is 0 Å². The molecule has 0 aliphatic carbocycles. The van der Waals surface area contributed by atoms with E-state index < -0.39 is 4.92 Å². The molecule has 0 spiro atoms. The van der Waals surface area contributed by atoms with Gasteiger partial charge in [0.15, 0.2) is 9.47 Å². The van der Waals surface area contributed by atoms with Crippen LogP contribution in [-0.2, 0) is 4.79 Å². The average molecular weight is 563 g/mol. The summed E-state index contributed by atoms with van der Waals surface area (Å²) in [6.07, 6.45) is 0. The van der Waals surface area contributed by atoms with Crippen LogP contribution in [0.2, 0.25) is 0 Å². The van der Waals surface area contributed by atoms with Gasteiger partial charge in [0.1, 0.15) is 11.5 Å². The number of nitrogens with one attached hydrogen (secondary N) is 2. The molecule has 13 heteroatoms. The van der Waals surface area contributed by atoms with Gasteiger partial charge in [-0.05, 0) is 36.4 Å². The van der Waals surface area contributed by atoms with Crippen molar-refractivity contribution in [3.8, 4) is 22.8 Å². The van der Waals surface area contributed by atoms with Gasteiger partial charge in [-0.15, -0.1) is 21.5 Å². The molecule has 0 saturated heterocycles. The number of nitro benzene ring substituents is 1. The van der Waals surface area contributed by atoms with Gasteiger partial charge in [-0.25, -0.2) is 4.98 Å². The fraction of sp³-hybridized carbons (Fsp3) is 0.0400. The second kappa shape index (κ2) is 11.8. The molecule has 0 radical (unpaired) electrons. The number of amides is 1. The number of nitro groups is 1. The maximum atomic E-state index is 12.4. The highest BCUT2D eigenvalue weighted by Crippen LogP contribution is 2.30. The number of thiazole rings is 1. The van der Waals surface area contributed by atoms with E-state index in [-0.39, 0.29) is 17.3 Å². The molecule has 2 N–H and O–H groups in total. The van der Waals surface area contributed by atoms with Crippen LogP contribution in [0.1, 0.15) is 0 Å². The monoisotopic (exact) mass is 562 g/mol. The van der Waals surface area contributed by atoms with E-state index in [4.69, 9.17) is 4.74 Å². The topological polar surface area (TPSA) is 132 Å². The first-order valence-electron chi connectivity index (χ1n) is 11.1. The zero-order chi connectivity index (χ0) is 26.3. The third-order valence-electron chi connectivity index (χ3n) is 4.92. The minimum absolute atomic E-state index is 0.0162. The third-order valence-corrected chi connectivity index (χ3v) is 7.65. The van der Waals surface area contributed by atoms with Crippen LogP contribution in [0.15, 0.2) is 88.6 Å². The Bertz CT molecular complexity index is 1560. The quantitative estimate of drug-likeness (QED) is 0.107. The minimum Gasteiger partial charge on any atom is -0.457 e. The Morgan fingerprint density at radius 1 is 0.974 bits per heavy atom. The van der Waals surface area contributed by atoms with Crippen molar-refractivity contribution < 1.29 is 14.5 Å². The van der Waals surface area contributed by atoms with Crippen LogP contribution in [0, 0.1) is 10.1 Å². The van der Waals surface area contributed by atoms with Crippen LogP contribution in [-0.4, -0.2) is 31.8 Å². The Labute approximate surface area is 228 Å². The van der Waals surface area contributed by atoms with Crippen molar-refractivity contribution in [2.75, 3.05) is 16.4 Å². The smallest absolute Gasteiger partial charge is 0.270 e. The molecule has 5 rings (SSSR count). The molecule has 10 nitrogen and oxygen atoms in total. The molecule has 1 amide bonds. The second-order valence-corrected chi connectivity index (χ2v) is 10.7. The van der Waals surface area contributed by atoms with Gasteiger partial charge in [-0.3, -0.25) is 14.9 Å². The summed E-state index contributed by atoms with van der Waals surface area (Å²) in [6, 6.07) is 23.2. The predicted octanol–water partition coefficient (Wildman–Crippen LogP) is 6.84. The molecule has 0 bridgehead atoms. The summed E-state index contributed by atoms with van der Waals surface area (Å²) in [5.74, 6) is 1.37. The van der Waals surface area contributed by atoms with Crippen LogP contribution in [0.4, 0.5) is 21.6 Å². The first-order valence-corrected chi connectivity index (χ1v) is 13.8. The highest BCUT2D eigenvalue weighted by Gasteiger charge is 2.13. The Kier molecular flexibility index (Phi) is 7.87. The number of hydrogen-bond donors (Lipinski definition) is 2. The van der Waals surface area contributed by atoms with E-state index in [1.165, 1.54) is 46.6 Å². The molecule has 0 aliphatic rings. The molecule has 0 unspecified atom stereocenters. The molecule has 190 valence electrons. The van der Waals surface area contributed by atoms with Crippen molar-refractivity contribution in [3.63, 3.8) is 0 Å². The third kappa shape index (κ3) is 6.70. The lowest BCUT2D eigenvalue weighted by Gasteiger charge is -2.06. The molecule has 0 saturated carbocycles. The number of rotatable bonds is 10. The van der Waals surface area contributed by atoms with E-state index in [1.807, 2.05) is 54.6 Å². The summed E-state index contributed by atoms with van der Waals surface area (Å²) >= 11 is 3.85. The van der Waals surface area contributed by atoms with E-state index in [0.29, 0.717) is 25.9 Å². The summed E-state index contributed by atoms with van der Waals surface area (Å²) in [6.45, 7) is 0. The number of aromatic nitrogens is 3. The molecule has 5 aromatic rings. The van der Waals surface area contributed by atoms with Crippen molar-refractivity contribution in [2.45, 2.75) is 4.34 Å². The summed E-state index contributed by atoms with van der Waals surface area (Å²) in [5.41, 5.74) is 1.98. The molecule has 2 aromatic heterocycles. The number of carbonyl (C=O) groups is 1. The zero-order valence-corrected chi connectivity index (χ0v) is 21.9. The predicted molar refractivity (Wildman–Crippen MR) is 150 cm³/mol. The number of hydrogen-bond acceptors (Lipinski definition) is 11. The summed E-state index contributed by atoms with van der Waals surface area (Å²) in [7, 11) is 0. The Morgan fingerprint density at radius 3 is 2.55 bits per heavy atom. The molecular weight excluding hydrogens is 545 g/mol. The van der Waals surface area contributed by atoms with Crippen molar-refractivity contribution >= 4 is 62.0 Å². The summed E-state index contributed by atoms with van der Waals surface area (Å²) < 4.78 is 6.44. The molecule has 0 aliphatic heterocycles. The Hall–Kier alpha value is -4.33. The van der Waals surface area contributed by atoms with Crippen LogP contribution in [0.3, 0.4) is 0 Å². The van der Waals surface area contributed by atoms with E-state index in [9.17, 15) is 14.9 Å². The SMILES string of the molecule is O=C(CSc1nnc(Nc2ccc(Oc3ccccc3)cc2)s1)Nc1nc(-c2cccc([N+](=O)[O-])c2)cs1. The van der Waals surface area contributed by atoms with Gasteiger partial charge in [0, 0.05) is 28.8 Å². The number of nitrogens with zero attached hydrogens (tertiary/aromatic N) is 4. The van der Waals surface area contributed by atoms with Gasteiger partial charge >= 0.3 is 0 Å². The Morgan fingerprint density at radius 2 is 1.76 bits per heavy atom. The van der Waals surface area contributed by atoms with Gasteiger partial charge in [0.05, 0.1) is 16.4 Å². The fourth-order valence-electron chi connectivity index (χ4n) is 3.20. The van der Waals surface area contributed by atoms with E-state index in [0.717, 1.165) is 17.2 Å². The molecule has 2 heterocycles. The van der Waals surface area contributed by atoms with Crippen LogP contribution in [0.5, 0.6) is 11.5 Å². The van der Waals surface area contributed by atoms with Gasteiger partial charge in [0.25, 0.3) is 5.69 Å². The van der Waals surface area contributed by atoms with Crippen molar-refractivity contribution in [1.29, 1.82) is 0 Å². The highest BCUT2D eigenvalue weighted by molar-refractivity contribution is 8.01. The summed E-state index contributed by atoms with van der Waals surface area (Å²) in [5, 5.41) is 28.0. The molecule has 38 heavy (non-hydrogen) atoms. The van der Waals surface area contributed by atoms with Gasteiger partial charge < -0.3 is 15.4 Å². The number of benzene rings is 3. The number of para-hydroxylation sites is 1. The first kappa shape index (κ1) is 25.3. The van der Waals surface area contributed by atoms with Gasteiger partial charge in [-0.2, -0.15) is 0 Å². The second-order valence-electron chi connectivity index (χ2n) is 7.62. The maximum absolute atomic E-state index is 12.4. The lowest BCUT2D eigenvalue weighted by Crippen LogP contribution is -2.13. The maximum Gasteiger partial charge on any atom is 0.270 e. The van der Waals surface area contributed by atoms with Crippen LogP contribution in [0.25, 0.3) is 11.3 Å². The molecular formula is C25H18N6O4S3. The first-order chi connectivity index (χ1) is 18.5. The number of carbonyl (C=O) groups excluding carboxylic acids is 1. The minimum atomic E-state index is -0.456. The zero-order valence-electron chi connectivity index (χ0n) is 19.4. The largest absolute Gasteiger partial charge is 0.457 e. The normalized spacial score (nSPS) is 10.6. The molecule has 0 fully saturated rings. The van der Waals surface area contributed by atoms with E-state index >= 15 is 0 Å². The lowest BCUT2D eigenvalue weighted by atomic mass is 10.1. The standard InChI is InChI=1S/C25H18N6O4S3/c32-22(28-23-27-21(14-36-23)16-5-4-6-18(13-16)31(33)34)15-37-25-30-29-24(38-25)26-17-9-11-20(12-10-17)35-19-7-2-1-3-8-19/h1-14H,15H2,(H,26,29)(H,27,28,32). The Balaban J connectivity index is 1.11. The number of thioether (sulfide) groups is 1. The van der Waals surface area contributed by atoms with Crippen LogP contribution >= 0.6 is 34.4 Å². The number of anilines is 3. The van der Waals surface area contributed by atoms with E-state index in [1.54, 1.807) is 17.5 Å². The number of ether oxygens (including phenoxy) is 1. The van der Waals surface area contributed by atoms with Crippen LogP contribution < -0.4 is 15.4 Å². The van der Waals surface area contributed by atoms with Crippen molar-refractivity contribution in [3.05, 3.63) is 94.4 Å². The average Bonchev–Trinajstić information content (AvgIpc) is 3.59.